The third-order valence-corrected chi connectivity index (χ3v) is 4.09. The highest BCUT2D eigenvalue weighted by atomic mass is 16.1. The van der Waals surface area contributed by atoms with Gasteiger partial charge in [0, 0.05) is 17.3 Å². The van der Waals surface area contributed by atoms with Gasteiger partial charge in [-0.05, 0) is 60.9 Å². The molecule has 0 bridgehead atoms. The van der Waals surface area contributed by atoms with Crippen LogP contribution in [0.1, 0.15) is 22.8 Å². The van der Waals surface area contributed by atoms with E-state index in [1.807, 2.05) is 37.3 Å². The second-order valence-corrected chi connectivity index (χ2v) is 5.81. The van der Waals surface area contributed by atoms with Crippen LogP contribution >= 0.6 is 0 Å². The lowest BCUT2D eigenvalue weighted by atomic mass is 9.95. The zero-order valence-corrected chi connectivity index (χ0v) is 14.1. The molecule has 0 fully saturated rings. The van der Waals surface area contributed by atoms with E-state index in [0.717, 1.165) is 33.3 Å². The van der Waals surface area contributed by atoms with Crippen LogP contribution in [-0.4, -0.2) is 16.8 Å². The number of nitrogens with two attached hydrogens (primary N) is 1. The highest BCUT2D eigenvalue weighted by Crippen LogP contribution is 2.33. The van der Waals surface area contributed by atoms with Crippen molar-refractivity contribution in [1.29, 1.82) is 0 Å². The van der Waals surface area contributed by atoms with Gasteiger partial charge in [-0.1, -0.05) is 18.2 Å². The third kappa shape index (κ3) is 3.17. The average molecular weight is 333 g/mol. The summed E-state index contributed by atoms with van der Waals surface area (Å²) in [4.78, 5) is 26.3. The second-order valence-electron chi connectivity index (χ2n) is 5.81. The van der Waals surface area contributed by atoms with Crippen LogP contribution in [0.2, 0.25) is 0 Å². The first-order chi connectivity index (χ1) is 12.0. The van der Waals surface area contributed by atoms with E-state index < -0.39 is 5.91 Å². The molecule has 5 heteroatoms. The molecule has 2 amide bonds. The van der Waals surface area contributed by atoms with Crippen LogP contribution in [0.15, 0.2) is 54.7 Å². The first-order valence-corrected chi connectivity index (χ1v) is 7.96. The quantitative estimate of drug-likeness (QED) is 0.635. The molecule has 2 aromatic carbocycles. The lowest BCUT2D eigenvalue weighted by Gasteiger charge is -2.11. The molecular formula is C20H19N3O2. The molecule has 4 N–H and O–H groups in total. The third-order valence-electron chi connectivity index (χ3n) is 4.09. The number of aromatic amines is 1. The molecule has 1 heterocycles. The number of rotatable bonds is 4. The number of carbonyl (C=O) groups is 2. The van der Waals surface area contributed by atoms with E-state index >= 15 is 0 Å². The normalized spacial score (nSPS) is 11.1. The number of primary amides is 1. The molecule has 25 heavy (non-hydrogen) atoms. The Morgan fingerprint density at radius 3 is 2.56 bits per heavy atom. The largest absolute Gasteiger partial charge is 0.366 e. The number of amides is 2. The lowest BCUT2D eigenvalue weighted by Crippen LogP contribution is -2.11. The Kier molecular flexibility index (Phi) is 4.39. The van der Waals surface area contributed by atoms with Gasteiger partial charge in [0.2, 0.25) is 5.91 Å². The fraction of sp³-hybridized carbons (Fsp3) is 0.100. The molecule has 5 nitrogen and oxygen atoms in total. The number of benzene rings is 2. The molecule has 0 unspecified atom stereocenters. The summed E-state index contributed by atoms with van der Waals surface area (Å²) in [6.07, 6.45) is 4.97. The van der Waals surface area contributed by atoms with Crippen LogP contribution in [0, 0.1) is 6.92 Å². The average Bonchev–Trinajstić information content (AvgIpc) is 3.04. The van der Waals surface area contributed by atoms with Gasteiger partial charge < -0.3 is 16.0 Å². The van der Waals surface area contributed by atoms with Gasteiger partial charge in [0.25, 0.3) is 5.91 Å². The summed E-state index contributed by atoms with van der Waals surface area (Å²) in [6, 6.07) is 11.3. The SMILES string of the molecule is CC=CC(=O)Nc1ccc(-c2ccc(C(N)=O)c3[nH]ccc23)c(C)c1. The van der Waals surface area contributed by atoms with Crippen LogP contribution in [0.5, 0.6) is 0 Å². The van der Waals surface area contributed by atoms with Crippen molar-refractivity contribution in [3.63, 3.8) is 0 Å². The first kappa shape index (κ1) is 16.5. The minimum Gasteiger partial charge on any atom is -0.366 e. The van der Waals surface area contributed by atoms with Gasteiger partial charge in [0.05, 0.1) is 11.1 Å². The monoisotopic (exact) mass is 333 g/mol. The Labute approximate surface area is 145 Å². The Morgan fingerprint density at radius 1 is 1.12 bits per heavy atom. The van der Waals surface area contributed by atoms with Gasteiger partial charge in [-0.15, -0.1) is 0 Å². The van der Waals surface area contributed by atoms with Gasteiger partial charge in [0.15, 0.2) is 0 Å². The van der Waals surface area contributed by atoms with E-state index in [2.05, 4.69) is 10.3 Å². The lowest BCUT2D eigenvalue weighted by molar-refractivity contribution is -0.111. The van der Waals surface area contributed by atoms with Crippen molar-refractivity contribution in [2.45, 2.75) is 13.8 Å². The number of fused-ring (bicyclic) bond motifs is 1. The molecule has 1 aromatic heterocycles. The number of H-pyrrole nitrogens is 1. The van der Waals surface area contributed by atoms with Crippen molar-refractivity contribution < 1.29 is 9.59 Å². The number of anilines is 1. The number of aromatic nitrogens is 1. The van der Waals surface area contributed by atoms with Crippen LogP contribution in [0.25, 0.3) is 22.0 Å². The van der Waals surface area contributed by atoms with Crippen molar-refractivity contribution in [2.75, 3.05) is 5.32 Å². The van der Waals surface area contributed by atoms with Crippen molar-refractivity contribution in [3.8, 4) is 11.1 Å². The Hall–Kier alpha value is -3.34. The van der Waals surface area contributed by atoms with Gasteiger partial charge >= 0.3 is 0 Å². The molecule has 3 aromatic rings. The summed E-state index contributed by atoms with van der Waals surface area (Å²) in [7, 11) is 0. The zero-order valence-electron chi connectivity index (χ0n) is 14.1. The summed E-state index contributed by atoms with van der Waals surface area (Å²) in [6.45, 7) is 3.78. The van der Waals surface area contributed by atoms with Crippen molar-refractivity contribution in [1.82, 2.24) is 4.98 Å². The fourth-order valence-corrected chi connectivity index (χ4v) is 2.98. The Balaban J connectivity index is 2.04. The van der Waals surface area contributed by atoms with E-state index in [0.29, 0.717) is 5.56 Å². The molecule has 0 aliphatic rings. The number of hydrogen-bond acceptors (Lipinski definition) is 2. The van der Waals surface area contributed by atoms with Crippen molar-refractivity contribution >= 4 is 28.4 Å². The minimum absolute atomic E-state index is 0.159. The molecule has 126 valence electrons. The van der Waals surface area contributed by atoms with Crippen LogP contribution in [0.4, 0.5) is 5.69 Å². The van der Waals surface area contributed by atoms with E-state index in [1.165, 1.54) is 6.08 Å². The molecular weight excluding hydrogens is 314 g/mol. The van der Waals surface area contributed by atoms with Gasteiger partial charge in [-0.2, -0.15) is 0 Å². The van der Waals surface area contributed by atoms with Gasteiger partial charge in [-0.25, -0.2) is 0 Å². The van der Waals surface area contributed by atoms with E-state index in [1.54, 1.807) is 25.3 Å². The topological polar surface area (TPSA) is 88.0 Å². The summed E-state index contributed by atoms with van der Waals surface area (Å²) in [5.41, 5.74) is 10.4. The summed E-state index contributed by atoms with van der Waals surface area (Å²) in [5, 5.41) is 3.76. The highest BCUT2D eigenvalue weighted by molar-refractivity contribution is 6.09. The molecule has 0 radical (unpaired) electrons. The fourth-order valence-electron chi connectivity index (χ4n) is 2.98. The predicted octanol–water partition coefficient (Wildman–Crippen LogP) is 3.76. The Morgan fingerprint density at radius 2 is 1.88 bits per heavy atom. The highest BCUT2D eigenvalue weighted by Gasteiger charge is 2.13. The maximum absolute atomic E-state index is 11.7. The van der Waals surface area contributed by atoms with E-state index in [9.17, 15) is 9.59 Å². The molecule has 0 spiro atoms. The Bertz CT molecular complexity index is 999. The van der Waals surface area contributed by atoms with Crippen LogP contribution in [-0.2, 0) is 4.79 Å². The van der Waals surface area contributed by atoms with E-state index in [-0.39, 0.29) is 5.91 Å². The number of aryl methyl sites for hydroxylation is 1. The molecule has 0 aliphatic carbocycles. The number of nitrogens with one attached hydrogen (secondary N) is 2. The standard InChI is InChI=1S/C20H19N3O2/c1-3-4-18(24)23-13-5-6-14(12(2)11-13)15-7-8-17(20(21)25)19-16(15)9-10-22-19/h3-11,22H,1-2H3,(H2,21,25)(H,23,24). The smallest absolute Gasteiger partial charge is 0.250 e. The van der Waals surface area contributed by atoms with Crippen molar-refractivity contribution in [2.24, 2.45) is 5.73 Å². The maximum Gasteiger partial charge on any atom is 0.250 e. The number of allylic oxidation sites excluding steroid dienone is 1. The van der Waals surface area contributed by atoms with Crippen LogP contribution < -0.4 is 11.1 Å². The molecule has 0 saturated heterocycles. The number of carbonyl (C=O) groups excluding carboxylic acids is 2. The summed E-state index contributed by atoms with van der Waals surface area (Å²) >= 11 is 0. The van der Waals surface area contributed by atoms with E-state index in [4.69, 9.17) is 5.73 Å². The molecule has 0 saturated carbocycles. The second kappa shape index (κ2) is 6.65. The zero-order chi connectivity index (χ0) is 18.0. The summed E-state index contributed by atoms with van der Waals surface area (Å²) < 4.78 is 0. The van der Waals surface area contributed by atoms with Gasteiger partial charge in [-0.3, -0.25) is 9.59 Å². The van der Waals surface area contributed by atoms with Gasteiger partial charge in [0.1, 0.15) is 0 Å². The maximum atomic E-state index is 11.7. The minimum atomic E-state index is -0.460. The van der Waals surface area contributed by atoms with Crippen LogP contribution in [0.3, 0.4) is 0 Å². The summed E-state index contributed by atoms with van der Waals surface area (Å²) in [5.74, 6) is -0.619. The molecule has 0 atom stereocenters. The molecule has 3 rings (SSSR count). The first-order valence-electron chi connectivity index (χ1n) is 7.96. The number of hydrogen-bond donors (Lipinski definition) is 3. The predicted molar refractivity (Wildman–Crippen MR) is 100 cm³/mol. The molecule has 0 aliphatic heterocycles. The van der Waals surface area contributed by atoms with Crippen molar-refractivity contribution in [3.05, 3.63) is 65.9 Å².